The van der Waals surface area contributed by atoms with Crippen molar-refractivity contribution in [3.05, 3.63) is 12.4 Å². The van der Waals surface area contributed by atoms with Crippen molar-refractivity contribution in [3.8, 4) is 0 Å². The predicted molar refractivity (Wildman–Crippen MR) is 72.8 cm³/mol. The number of anilines is 1. The van der Waals surface area contributed by atoms with Gasteiger partial charge >= 0.3 is 0 Å². The first-order chi connectivity index (χ1) is 9.28. The molecule has 0 saturated heterocycles. The third-order valence-electron chi connectivity index (χ3n) is 3.44. The van der Waals surface area contributed by atoms with Crippen molar-refractivity contribution in [3.63, 3.8) is 0 Å². The van der Waals surface area contributed by atoms with Gasteiger partial charge in [-0.15, -0.1) is 0 Å². The van der Waals surface area contributed by atoms with Crippen molar-refractivity contribution >= 4 is 11.6 Å². The molecule has 6 nitrogen and oxygen atoms in total. The third-order valence-corrected chi connectivity index (χ3v) is 3.44. The number of aliphatic hydroxyl groups is 1. The largest absolute Gasteiger partial charge is 0.395 e. The van der Waals surface area contributed by atoms with Gasteiger partial charge in [0.2, 0.25) is 5.91 Å². The molecule has 1 saturated carbocycles. The number of carbonyl (C=O) groups excluding carboxylic acids is 1. The van der Waals surface area contributed by atoms with E-state index in [1.165, 1.54) is 25.7 Å². The minimum absolute atomic E-state index is 0.0426. The van der Waals surface area contributed by atoms with E-state index >= 15 is 0 Å². The zero-order chi connectivity index (χ0) is 13.5. The number of amides is 1. The van der Waals surface area contributed by atoms with E-state index in [1.807, 2.05) is 6.20 Å². The maximum Gasteiger partial charge on any atom is 0.241 e. The van der Waals surface area contributed by atoms with Crippen LogP contribution in [0, 0.1) is 5.92 Å². The van der Waals surface area contributed by atoms with Gasteiger partial charge in [0.1, 0.15) is 6.54 Å². The van der Waals surface area contributed by atoms with E-state index in [1.54, 1.807) is 10.9 Å². The van der Waals surface area contributed by atoms with Crippen LogP contribution in [-0.2, 0) is 11.3 Å². The van der Waals surface area contributed by atoms with Crippen molar-refractivity contribution in [2.75, 3.05) is 25.0 Å². The summed E-state index contributed by atoms with van der Waals surface area (Å²) in [5.74, 6) is 0.635. The van der Waals surface area contributed by atoms with E-state index in [-0.39, 0.29) is 25.6 Å². The summed E-state index contributed by atoms with van der Waals surface area (Å²) in [5.41, 5.74) is 0.960. The molecule has 0 atom stereocenters. The van der Waals surface area contributed by atoms with Crippen molar-refractivity contribution < 1.29 is 9.90 Å². The number of carbonyl (C=O) groups is 1. The summed E-state index contributed by atoms with van der Waals surface area (Å²) in [6.45, 7) is 1.42. The minimum atomic E-state index is -0.139. The normalized spacial score (nSPS) is 15.6. The summed E-state index contributed by atoms with van der Waals surface area (Å²) < 4.78 is 1.60. The lowest BCUT2D eigenvalue weighted by molar-refractivity contribution is -0.122. The van der Waals surface area contributed by atoms with Crippen LogP contribution < -0.4 is 10.6 Å². The first kappa shape index (κ1) is 13.9. The van der Waals surface area contributed by atoms with Crippen LogP contribution >= 0.6 is 0 Å². The van der Waals surface area contributed by atoms with E-state index in [0.717, 1.165) is 18.2 Å². The van der Waals surface area contributed by atoms with E-state index in [2.05, 4.69) is 15.7 Å². The lowest BCUT2D eigenvalue weighted by Gasteiger charge is -2.09. The Bertz CT molecular complexity index is 399. The molecule has 0 radical (unpaired) electrons. The van der Waals surface area contributed by atoms with Crippen LogP contribution in [0.1, 0.15) is 25.7 Å². The average molecular weight is 266 g/mol. The van der Waals surface area contributed by atoms with Crippen molar-refractivity contribution in [1.29, 1.82) is 0 Å². The number of rotatable bonds is 7. The quantitative estimate of drug-likeness (QED) is 0.675. The van der Waals surface area contributed by atoms with Crippen LogP contribution in [0.5, 0.6) is 0 Å². The molecule has 0 aliphatic heterocycles. The Hall–Kier alpha value is -1.56. The van der Waals surface area contributed by atoms with Gasteiger partial charge in [-0.3, -0.25) is 9.48 Å². The first-order valence-electron chi connectivity index (χ1n) is 6.92. The number of nitrogens with one attached hydrogen (secondary N) is 2. The number of hydrogen-bond acceptors (Lipinski definition) is 4. The molecule has 1 fully saturated rings. The second-order valence-electron chi connectivity index (χ2n) is 5.03. The van der Waals surface area contributed by atoms with Gasteiger partial charge in [0.05, 0.1) is 18.5 Å². The van der Waals surface area contributed by atoms with Crippen LogP contribution in [0.25, 0.3) is 0 Å². The summed E-state index contributed by atoms with van der Waals surface area (Å²) in [6.07, 6.45) is 8.89. The van der Waals surface area contributed by atoms with E-state index < -0.39 is 0 Å². The standard InChI is InChI=1S/C13H22N4O2/c18-6-5-14-13(19)10-17-9-12(8-16-17)15-7-11-3-1-2-4-11/h8-9,11,15,18H,1-7,10H2,(H,14,19). The van der Waals surface area contributed by atoms with Crippen LogP contribution in [0.2, 0.25) is 0 Å². The lowest BCUT2D eigenvalue weighted by Crippen LogP contribution is -2.30. The Morgan fingerprint density at radius 2 is 2.26 bits per heavy atom. The highest BCUT2D eigenvalue weighted by Crippen LogP contribution is 2.24. The molecular formula is C13H22N4O2. The molecule has 0 bridgehead atoms. The number of hydrogen-bond donors (Lipinski definition) is 3. The highest BCUT2D eigenvalue weighted by molar-refractivity contribution is 5.75. The Morgan fingerprint density at radius 3 is 3.00 bits per heavy atom. The van der Waals surface area contributed by atoms with E-state index in [0.29, 0.717) is 0 Å². The van der Waals surface area contributed by atoms with Crippen molar-refractivity contribution in [1.82, 2.24) is 15.1 Å². The number of nitrogens with zero attached hydrogens (tertiary/aromatic N) is 2. The van der Waals surface area contributed by atoms with Crippen LogP contribution in [-0.4, -0.2) is 40.5 Å². The minimum Gasteiger partial charge on any atom is -0.395 e. The zero-order valence-electron chi connectivity index (χ0n) is 11.1. The molecule has 106 valence electrons. The van der Waals surface area contributed by atoms with Crippen LogP contribution in [0.4, 0.5) is 5.69 Å². The molecule has 6 heteroatoms. The maximum absolute atomic E-state index is 11.4. The van der Waals surface area contributed by atoms with Crippen molar-refractivity contribution in [2.24, 2.45) is 5.92 Å². The molecule has 19 heavy (non-hydrogen) atoms. The second kappa shape index (κ2) is 7.13. The smallest absolute Gasteiger partial charge is 0.241 e. The molecular weight excluding hydrogens is 244 g/mol. The van der Waals surface area contributed by atoms with Gasteiger partial charge in [-0.25, -0.2) is 0 Å². The highest BCUT2D eigenvalue weighted by atomic mass is 16.3. The Balaban J connectivity index is 1.73. The molecule has 2 rings (SSSR count). The molecule has 0 unspecified atom stereocenters. The zero-order valence-corrected chi connectivity index (χ0v) is 11.1. The van der Waals surface area contributed by atoms with Gasteiger partial charge in [0.15, 0.2) is 0 Å². The second-order valence-corrected chi connectivity index (χ2v) is 5.03. The van der Waals surface area contributed by atoms with Gasteiger partial charge in [-0.2, -0.15) is 5.10 Å². The summed E-state index contributed by atoms with van der Waals surface area (Å²) in [6, 6.07) is 0. The van der Waals surface area contributed by atoms with Crippen LogP contribution in [0.15, 0.2) is 12.4 Å². The SMILES string of the molecule is O=C(Cn1cc(NCC2CCCC2)cn1)NCCO. The summed E-state index contributed by atoms with van der Waals surface area (Å²) in [5, 5.41) is 18.7. The molecule has 1 aromatic heterocycles. The van der Waals surface area contributed by atoms with Crippen LogP contribution in [0.3, 0.4) is 0 Å². The lowest BCUT2D eigenvalue weighted by atomic mass is 10.1. The molecule has 1 amide bonds. The third kappa shape index (κ3) is 4.55. The summed E-state index contributed by atoms with van der Waals surface area (Å²) in [4.78, 5) is 11.4. The molecule has 0 aromatic carbocycles. The maximum atomic E-state index is 11.4. The fourth-order valence-electron chi connectivity index (χ4n) is 2.42. The van der Waals surface area contributed by atoms with Gasteiger partial charge in [0.25, 0.3) is 0 Å². The highest BCUT2D eigenvalue weighted by Gasteiger charge is 2.14. The molecule has 0 spiro atoms. The first-order valence-corrected chi connectivity index (χ1v) is 6.92. The molecule has 1 aliphatic rings. The fourth-order valence-corrected chi connectivity index (χ4v) is 2.42. The Kier molecular flexibility index (Phi) is 5.20. The summed E-state index contributed by atoms with van der Waals surface area (Å²) >= 11 is 0. The topological polar surface area (TPSA) is 79.2 Å². The van der Waals surface area contributed by atoms with Gasteiger partial charge < -0.3 is 15.7 Å². The van der Waals surface area contributed by atoms with Gasteiger partial charge in [-0.05, 0) is 18.8 Å². The molecule has 1 aliphatic carbocycles. The monoisotopic (exact) mass is 266 g/mol. The van der Waals surface area contributed by atoms with Gasteiger partial charge in [-0.1, -0.05) is 12.8 Å². The molecule has 1 heterocycles. The van der Waals surface area contributed by atoms with E-state index in [4.69, 9.17) is 5.11 Å². The number of aliphatic hydroxyl groups excluding tert-OH is 1. The molecule has 1 aromatic rings. The predicted octanol–water partition coefficient (Wildman–Crippen LogP) is 0.594. The Morgan fingerprint density at radius 1 is 1.47 bits per heavy atom. The van der Waals surface area contributed by atoms with Crippen molar-refractivity contribution in [2.45, 2.75) is 32.2 Å². The van der Waals surface area contributed by atoms with Gasteiger partial charge in [0, 0.05) is 19.3 Å². The summed E-state index contributed by atoms with van der Waals surface area (Å²) in [7, 11) is 0. The fraction of sp³-hybridized carbons (Fsp3) is 0.692. The Labute approximate surface area is 113 Å². The van der Waals surface area contributed by atoms with E-state index in [9.17, 15) is 4.79 Å². The molecule has 3 N–H and O–H groups in total. The number of aromatic nitrogens is 2. The average Bonchev–Trinajstić information content (AvgIpc) is 3.05.